The summed E-state index contributed by atoms with van der Waals surface area (Å²) in [4.78, 5) is 17.6. The number of anilines is 1. The molecule has 0 aromatic heterocycles. The highest BCUT2D eigenvalue weighted by molar-refractivity contribution is 6.10. The third kappa shape index (κ3) is 3.17. The molecule has 0 bridgehead atoms. The molecule has 1 aliphatic heterocycles. The van der Waals surface area contributed by atoms with Gasteiger partial charge in [0.1, 0.15) is 0 Å². The minimum atomic E-state index is -0.343. The summed E-state index contributed by atoms with van der Waals surface area (Å²) >= 11 is 0. The van der Waals surface area contributed by atoms with E-state index in [1.165, 1.54) is 0 Å². The monoisotopic (exact) mass is 312 g/mol. The molecule has 1 N–H and O–H groups in total. The maximum absolute atomic E-state index is 11.1. The number of aliphatic imine (C=N–C) groups is 1. The molecule has 23 heavy (non-hydrogen) atoms. The number of nitro groups is 1. The lowest BCUT2D eigenvalue weighted by atomic mass is 9.82. The van der Waals surface area contributed by atoms with Gasteiger partial charge in [-0.2, -0.15) is 0 Å². The van der Waals surface area contributed by atoms with Gasteiger partial charge in [0.25, 0.3) is 5.70 Å². The van der Waals surface area contributed by atoms with Crippen molar-refractivity contribution in [2.75, 3.05) is 32.5 Å². The van der Waals surface area contributed by atoms with Crippen molar-refractivity contribution in [2.24, 2.45) is 10.9 Å². The molecule has 1 heterocycles. The molecule has 0 fully saturated rings. The van der Waals surface area contributed by atoms with Crippen molar-refractivity contribution >= 4 is 11.4 Å². The van der Waals surface area contributed by atoms with Crippen molar-refractivity contribution in [2.45, 2.75) is 6.04 Å². The maximum atomic E-state index is 11.1. The number of rotatable bonds is 4. The van der Waals surface area contributed by atoms with E-state index in [4.69, 9.17) is 4.99 Å². The zero-order valence-corrected chi connectivity index (χ0v) is 13.3. The van der Waals surface area contributed by atoms with Crippen LogP contribution in [-0.2, 0) is 0 Å². The van der Waals surface area contributed by atoms with E-state index in [1.54, 1.807) is 12.2 Å². The fraction of sp³-hybridized carbons (Fsp3) is 0.353. The molecule has 0 spiro atoms. The molecule has 6 heteroatoms. The predicted octanol–water partition coefficient (Wildman–Crippen LogP) is 2.18. The van der Waals surface area contributed by atoms with Crippen molar-refractivity contribution in [3.8, 4) is 0 Å². The van der Waals surface area contributed by atoms with Crippen LogP contribution in [0.2, 0.25) is 0 Å². The minimum absolute atomic E-state index is 0.00621. The first kappa shape index (κ1) is 15.4. The molecule has 3 rings (SSSR count). The highest BCUT2D eigenvalue weighted by Gasteiger charge is 2.34. The average molecular weight is 312 g/mol. The summed E-state index contributed by atoms with van der Waals surface area (Å²) in [6.45, 7) is 1.52. The summed E-state index contributed by atoms with van der Waals surface area (Å²) < 4.78 is 0. The SMILES string of the molecule is CN(C)CCN=C1c2ccccc2NC2C=CC([N+](=O)[O-])=CC12. The summed E-state index contributed by atoms with van der Waals surface area (Å²) in [7, 11) is 4.01. The van der Waals surface area contributed by atoms with Gasteiger partial charge in [0.05, 0.1) is 29.1 Å². The van der Waals surface area contributed by atoms with Crippen LogP contribution in [0.15, 0.2) is 53.2 Å². The number of hydrogen-bond acceptors (Lipinski definition) is 5. The van der Waals surface area contributed by atoms with Crippen LogP contribution >= 0.6 is 0 Å². The third-order valence-electron chi connectivity index (χ3n) is 4.09. The Kier molecular flexibility index (Phi) is 4.25. The number of fused-ring (bicyclic) bond motifs is 2. The van der Waals surface area contributed by atoms with Crippen LogP contribution in [0.1, 0.15) is 5.56 Å². The topological polar surface area (TPSA) is 70.8 Å². The number of para-hydroxylation sites is 1. The van der Waals surface area contributed by atoms with Gasteiger partial charge in [0.2, 0.25) is 0 Å². The van der Waals surface area contributed by atoms with Crippen molar-refractivity contribution < 1.29 is 4.92 Å². The van der Waals surface area contributed by atoms with Crippen molar-refractivity contribution in [1.29, 1.82) is 0 Å². The van der Waals surface area contributed by atoms with E-state index in [0.717, 1.165) is 23.5 Å². The number of nitrogens with one attached hydrogen (secondary N) is 1. The van der Waals surface area contributed by atoms with E-state index in [2.05, 4.69) is 10.2 Å². The number of allylic oxidation sites excluding steroid dienone is 1. The van der Waals surface area contributed by atoms with E-state index < -0.39 is 0 Å². The summed E-state index contributed by atoms with van der Waals surface area (Å²) in [5.74, 6) is -0.113. The number of likely N-dealkylation sites (N-methyl/N-ethyl adjacent to an activating group) is 1. The normalized spacial score (nSPS) is 24.0. The predicted molar refractivity (Wildman–Crippen MR) is 91.5 cm³/mol. The first-order chi connectivity index (χ1) is 11.1. The molecule has 2 atom stereocenters. The van der Waals surface area contributed by atoms with Gasteiger partial charge in [-0.1, -0.05) is 24.3 Å². The van der Waals surface area contributed by atoms with Crippen molar-refractivity contribution in [1.82, 2.24) is 4.90 Å². The molecule has 0 saturated carbocycles. The van der Waals surface area contributed by atoms with E-state index in [1.807, 2.05) is 44.4 Å². The van der Waals surface area contributed by atoms with Crippen molar-refractivity contribution in [3.63, 3.8) is 0 Å². The van der Waals surface area contributed by atoms with E-state index >= 15 is 0 Å². The molecule has 0 amide bonds. The van der Waals surface area contributed by atoms with Crippen LogP contribution in [0, 0.1) is 16.0 Å². The largest absolute Gasteiger partial charge is 0.377 e. The Balaban J connectivity index is 2.00. The molecular weight excluding hydrogens is 292 g/mol. The van der Waals surface area contributed by atoms with Gasteiger partial charge in [0.15, 0.2) is 0 Å². The van der Waals surface area contributed by atoms with Gasteiger partial charge in [-0.25, -0.2) is 0 Å². The average Bonchev–Trinajstić information content (AvgIpc) is 2.53. The van der Waals surface area contributed by atoms with Crippen LogP contribution < -0.4 is 5.32 Å². The van der Waals surface area contributed by atoms with Crippen molar-refractivity contribution in [3.05, 3.63) is 63.9 Å². The highest BCUT2D eigenvalue weighted by Crippen LogP contribution is 2.33. The molecule has 0 radical (unpaired) electrons. The lowest BCUT2D eigenvalue weighted by molar-refractivity contribution is -0.419. The first-order valence-electron chi connectivity index (χ1n) is 7.65. The van der Waals surface area contributed by atoms with E-state index in [0.29, 0.717) is 6.54 Å². The second-order valence-corrected chi connectivity index (χ2v) is 6.02. The number of hydrogen-bond donors (Lipinski definition) is 1. The second-order valence-electron chi connectivity index (χ2n) is 6.02. The second kappa shape index (κ2) is 6.34. The first-order valence-corrected chi connectivity index (χ1v) is 7.65. The molecular formula is C17H20N4O2. The highest BCUT2D eigenvalue weighted by atomic mass is 16.6. The molecule has 6 nitrogen and oxygen atoms in total. The fourth-order valence-electron chi connectivity index (χ4n) is 2.93. The van der Waals surface area contributed by atoms with Crippen LogP contribution in [0.25, 0.3) is 0 Å². The molecule has 1 aromatic rings. The Morgan fingerprint density at radius 1 is 1.35 bits per heavy atom. The molecule has 2 aliphatic rings. The summed E-state index contributed by atoms with van der Waals surface area (Å²) in [5.41, 5.74) is 3.12. The Morgan fingerprint density at radius 3 is 2.87 bits per heavy atom. The number of nitrogens with zero attached hydrogens (tertiary/aromatic N) is 3. The molecule has 1 aromatic carbocycles. The molecule has 0 saturated heterocycles. The van der Waals surface area contributed by atoms with Gasteiger partial charge in [0, 0.05) is 29.9 Å². The van der Waals surface area contributed by atoms with E-state index in [-0.39, 0.29) is 22.6 Å². The summed E-state index contributed by atoms with van der Waals surface area (Å²) in [6.07, 6.45) is 5.14. The Morgan fingerprint density at radius 2 is 2.13 bits per heavy atom. The summed E-state index contributed by atoms with van der Waals surface area (Å²) in [5, 5.41) is 14.5. The van der Waals surface area contributed by atoms with Gasteiger partial charge >= 0.3 is 0 Å². The fourth-order valence-corrected chi connectivity index (χ4v) is 2.93. The Labute approximate surface area is 135 Å². The quantitative estimate of drug-likeness (QED) is 0.683. The smallest absolute Gasteiger partial charge is 0.265 e. The maximum Gasteiger partial charge on any atom is 0.265 e. The Hall–Kier alpha value is -2.47. The zero-order valence-electron chi connectivity index (χ0n) is 13.3. The standard InChI is InChI=1S/C17H20N4O2/c1-20(2)10-9-18-17-13-5-3-4-6-15(13)19-16-8-7-12(21(22)23)11-14(16)17/h3-8,11,14,16,19H,9-10H2,1-2H3. The van der Waals surface area contributed by atoms with Gasteiger partial charge in [-0.15, -0.1) is 0 Å². The number of benzene rings is 1. The van der Waals surface area contributed by atoms with Crippen LogP contribution in [0.3, 0.4) is 0 Å². The molecule has 2 unspecified atom stereocenters. The van der Waals surface area contributed by atoms with Gasteiger partial charge in [-0.05, 0) is 20.2 Å². The van der Waals surface area contributed by atoms with Crippen LogP contribution in [0.5, 0.6) is 0 Å². The zero-order chi connectivity index (χ0) is 16.4. The van der Waals surface area contributed by atoms with Crippen LogP contribution in [-0.4, -0.2) is 48.8 Å². The summed E-state index contributed by atoms with van der Waals surface area (Å²) in [6, 6.07) is 8.00. The lowest BCUT2D eigenvalue weighted by Crippen LogP contribution is -2.39. The third-order valence-corrected chi connectivity index (χ3v) is 4.09. The lowest BCUT2D eigenvalue weighted by Gasteiger charge is -2.34. The molecule has 120 valence electrons. The van der Waals surface area contributed by atoms with E-state index in [9.17, 15) is 10.1 Å². The Bertz CT molecular complexity index is 706. The minimum Gasteiger partial charge on any atom is -0.377 e. The van der Waals surface area contributed by atoms with Gasteiger partial charge in [-0.3, -0.25) is 15.1 Å². The van der Waals surface area contributed by atoms with Gasteiger partial charge < -0.3 is 10.2 Å². The van der Waals surface area contributed by atoms with Crippen LogP contribution in [0.4, 0.5) is 5.69 Å². The molecule has 1 aliphatic carbocycles.